The largest absolute Gasteiger partial charge is 0.353 e. The van der Waals surface area contributed by atoms with Crippen molar-refractivity contribution < 1.29 is 4.39 Å². The first-order valence-corrected chi connectivity index (χ1v) is 6.01. The topological polar surface area (TPSA) is 41.0 Å². The van der Waals surface area contributed by atoms with Crippen LogP contribution in [0.5, 0.6) is 0 Å². The summed E-state index contributed by atoms with van der Waals surface area (Å²) in [5.41, 5.74) is 0.394. The van der Waals surface area contributed by atoms with Crippen molar-refractivity contribution in [3.63, 3.8) is 0 Å². The summed E-state index contributed by atoms with van der Waals surface area (Å²) < 4.78 is 13.8. The highest BCUT2D eigenvalue weighted by molar-refractivity contribution is 5.40. The maximum absolute atomic E-state index is 13.8. The van der Waals surface area contributed by atoms with Crippen LogP contribution < -0.4 is 10.2 Å². The Labute approximate surface area is 102 Å². The van der Waals surface area contributed by atoms with E-state index in [9.17, 15) is 4.39 Å². The lowest BCUT2D eigenvalue weighted by molar-refractivity contribution is 0.564. The molecule has 96 valence electrons. The fourth-order valence-electron chi connectivity index (χ4n) is 1.57. The molecule has 0 atom stereocenters. The van der Waals surface area contributed by atoms with Gasteiger partial charge in [-0.3, -0.25) is 0 Å². The van der Waals surface area contributed by atoms with Crippen LogP contribution in [0.3, 0.4) is 0 Å². The number of aromatic nitrogens is 2. The van der Waals surface area contributed by atoms with E-state index in [2.05, 4.69) is 29.1 Å². The highest BCUT2D eigenvalue weighted by Crippen LogP contribution is 2.16. The molecule has 0 aliphatic rings. The highest BCUT2D eigenvalue weighted by Gasteiger charge is 2.13. The summed E-state index contributed by atoms with van der Waals surface area (Å²) in [7, 11) is 0. The minimum Gasteiger partial charge on any atom is -0.353 e. The first-order valence-electron chi connectivity index (χ1n) is 6.01. The fraction of sp³-hybridized carbons (Fsp3) is 0.667. The third kappa shape index (κ3) is 3.93. The Bertz CT molecular complexity index is 354. The number of nitrogens with one attached hydrogen (secondary N) is 1. The van der Waals surface area contributed by atoms with Crippen LogP contribution in [0.15, 0.2) is 6.33 Å². The normalized spacial score (nSPS) is 10.9. The van der Waals surface area contributed by atoms with Crippen molar-refractivity contribution in [3.05, 3.63) is 17.8 Å². The molecule has 0 fully saturated rings. The highest BCUT2D eigenvalue weighted by atomic mass is 19.1. The average molecular weight is 240 g/mol. The molecule has 0 aromatic carbocycles. The van der Waals surface area contributed by atoms with E-state index in [-0.39, 0.29) is 5.82 Å². The van der Waals surface area contributed by atoms with E-state index in [1.54, 1.807) is 6.92 Å². The number of rotatable bonds is 6. The second kappa shape index (κ2) is 6.49. The molecule has 1 N–H and O–H groups in total. The van der Waals surface area contributed by atoms with Gasteiger partial charge in [-0.2, -0.15) is 0 Å². The van der Waals surface area contributed by atoms with Gasteiger partial charge in [0.2, 0.25) is 0 Å². The van der Waals surface area contributed by atoms with Crippen molar-refractivity contribution >= 4 is 5.82 Å². The van der Waals surface area contributed by atoms with Crippen LogP contribution >= 0.6 is 0 Å². The van der Waals surface area contributed by atoms with Crippen LogP contribution in [-0.2, 0) is 0 Å². The van der Waals surface area contributed by atoms with Crippen LogP contribution in [0.25, 0.3) is 0 Å². The molecule has 0 saturated heterocycles. The summed E-state index contributed by atoms with van der Waals surface area (Å²) in [4.78, 5) is 9.77. The summed E-state index contributed by atoms with van der Waals surface area (Å²) in [5.74, 6) is 0.0736. The number of halogens is 1. The Morgan fingerprint density at radius 3 is 2.71 bits per heavy atom. The van der Waals surface area contributed by atoms with Crippen molar-refractivity contribution in [2.75, 3.05) is 24.5 Å². The van der Waals surface area contributed by atoms with E-state index in [4.69, 9.17) is 0 Å². The van der Waals surface area contributed by atoms with Gasteiger partial charge in [-0.1, -0.05) is 13.8 Å². The van der Waals surface area contributed by atoms with Crippen LogP contribution in [0.4, 0.5) is 10.2 Å². The maximum Gasteiger partial charge on any atom is 0.186 e. The fourth-order valence-corrected chi connectivity index (χ4v) is 1.57. The van der Waals surface area contributed by atoms with Crippen LogP contribution in [0.1, 0.15) is 26.5 Å². The minimum absolute atomic E-state index is 0.320. The third-order valence-electron chi connectivity index (χ3n) is 2.56. The third-order valence-corrected chi connectivity index (χ3v) is 2.56. The van der Waals surface area contributed by atoms with Gasteiger partial charge in [-0.05, 0) is 13.8 Å². The molecule has 0 amide bonds. The van der Waals surface area contributed by atoms with Crippen LogP contribution in [0.2, 0.25) is 0 Å². The van der Waals surface area contributed by atoms with E-state index in [0.717, 1.165) is 19.6 Å². The number of anilines is 1. The Kier molecular flexibility index (Phi) is 5.28. The average Bonchev–Trinajstić information content (AvgIpc) is 2.28. The van der Waals surface area contributed by atoms with Crippen molar-refractivity contribution in [1.29, 1.82) is 0 Å². The molecule has 0 radical (unpaired) electrons. The monoisotopic (exact) mass is 240 g/mol. The predicted molar refractivity (Wildman–Crippen MR) is 67.8 cm³/mol. The van der Waals surface area contributed by atoms with Gasteiger partial charge in [0.05, 0.1) is 5.69 Å². The first kappa shape index (κ1) is 13.8. The number of nitrogens with zero attached hydrogens (tertiary/aromatic N) is 3. The van der Waals surface area contributed by atoms with Gasteiger partial charge in [0, 0.05) is 25.7 Å². The van der Waals surface area contributed by atoms with Crippen molar-refractivity contribution in [2.45, 2.75) is 33.7 Å². The lowest BCUT2D eigenvalue weighted by Crippen LogP contribution is -2.35. The molecule has 4 nitrogen and oxygen atoms in total. The Morgan fingerprint density at radius 1 is 1.41 bits per heavy atom. The molecule has 0 unspecified atom stereocenters. The lowest BCUT2D eigenvalue weighted by Gasteiger charge is -2.23. The lowest BCUT2D eigenvalue weighted by atomic mass is 10.3. The van der Waals surface area contributed by atoms with Gasteiger partial charge in [-0.15, -0.1) is 0 Å². The van der Waals surface area contributed by atoms with Gasteiger partial charge in [0.1, 0.15) is 6.33 Å². The Hall–Kier alpha value is -1.23. The maximum atomic E-state index is 13.8. The smallest absolute Gasteiger partial charge is 0.186 e. The molecule has 0 saturated carbocycles. The van der Waals surface area contributed by atoms with Crippen LogP contribution in [-0.4, -0.2) is 35.6 Å². The number of hydrogen-bond donors (Lipinski definition) is 1. The van der Waals surface area contributed by atoms with E-state index < -0.39 is 0 Å². The molecule has 1 aromatic rings. The van der Waals surface area contributed by atoms with Gasteiger partial charge < -0.3 is 10.2 Å². The summed E-state index contributed by atoms with van der Waals surface area (Å²) in [6.07, 6.45) is 1.41. The molecule has 1 heterocycles. The van der Waals surface area contributed by atoms with Crippen molar-refractivity contribution in [2.24, 2.45) is 0 Å². The van der Waals surface area contributed by atoms with Gasteiger partial charge in [-0.25, -0.2) is 14.4 Å². The van der Waals surface area contributed by atoms with Gasteiger partial charge in [0.25, 0.3) is 0 Å². The zero-order valence-corrected chi connectivity index (χ0v) is 11.0. The molecule has 0 bridgehead atoms. The van der Waals surface area contributed by atoms with Crippen molar-refractivity contribution in [3.8, 4) is 0 Å². The SMILES string of the molecule is CCN(CCNC(C)C)c1ncnc(C)c1F. The van der Waals surface area contributed by atoms with E-state index in [1.807, 2.05) is 11.8 Å². The van der Waals surface area contributed by atoms with Crippen LogP contribution in [0, 0.1) is 12.7 Å². The molecule has 1 aromatic heterocycles. The molecular weight excluding hydrogens is 219 g/mol. The molecule has 0 aliphatic carbocycles. The zero-order valence-electron chi connectivity index (χ0n) is 11.0. The quantitative estimate of drug-likeness (QED) is 0.822. The molecule has 0 spiro atoms. The minimum atomic E-state index is -0.320. The van der Waals surface area contributed by atoms with E-state index in [1.165, 1.54) is 6.33 Å². The number of likely N-dealkylation sites (N-methyl/N-ethyl adjacent to an activating group) is 1. The summed E-state index contributed by atoms with van der Waals surface area (Å²) >= 11 is 0. The summed E-state index contributed by atoms with van der Waals surface area (Å²) in [6, 6.07) is 0.436. The molecule has 17 heavy (non-hydrogen) atoms. The van der Waals surface area contributed by atoms with Crippen molar-refractivity contribution in [1.82, 2.24) is 15.3 Å². The summed E-state index contributed by atoms with van der Waals surface area (Å²) in [6.45, 7) is 10.1. The Balaban J connectivity index is 2.69. The molecule has 5 heteroatoms. The Morgan fingerprint density at radius 2 is 2.12 bits per heavy atom. The predicted octanol–water partition coefficient (Wildman–Crippen LogP) is 1.75. The second-order valence-corrected chi connectivity index (χ2v) is 4.29. The number of aryl methyl sites for hydroxylation is 1. The zero-order chi connectivity index (χ0) is 12.8. The molecule has 1 rings (SSSR count). The standard InChI is InChI=1S/C12H21FN4/c1-5-17(7-6-14-9(2)3)12-11(13)10(4)15-8-16-12/h8-9,14H,5-7H2,1-4H3. The number of hydrogen-bond acceptors (Lipinski definition) is 4. The molecule has 0 aliphatic heterocycles. The van der Waals surface area contributed by atoms with Gasteiger partial charge in [0.15, 0.2) is 11.6 Å². The van der Waals surface area contributed by atoms with E-state index in [0.29, 0.717) is 17.6 Å². The molecular formula is C12H21FN4. The second-order valence-electron chi connectivity index (χ2n) is 4.29. The van der Waals surface area contributed by atoms with E-state index >= 15 is 0 Å². The van der Waals surface area contributed by atoms with Gasteiger partial charge >= 0.3 is 0 Å². The first-order chi connectivity index (χ1) is 8.06. The summed E-state index contributed by atoms with van der Waals surface area (Å²) in [5, 5.41) is 3.31.